The van der Waals surface area contributed by atoms with E-state index >= 15 is 0 Å². The number of methoxy groups -OCH3 is 1. The van der Waals surface area contributed by atoms with Crippen LogP contribution in [0.25, 0.3) is 5.69 Å². The summed E-state index contributed by atoms with van der Waals surface area (Å²) in [6, 6.07) is 15.2. The maximum atomic E-state index is 12.5. The van der Waals surface area contributed by atoms with Gasteiger partial charge in [-0.3, -0.25) is 0 Å². The number of nitrogens with zero attached hydrogens (tertiary/aromatic N) is 4. The SMILES string of the molecule is COc1nn(C)c(=O)n1-c1ccccc1CC(C)/C(S)=N/c1ccc(Cl)cc1. The Morgan fingerprint density at radius 2 is 1.93 bits per heavy atom. The Hall–Kier alpha value is -2.51. The predicted octanol–water partition coefficient (Wildman–Crippen LogP) is 4.07. The van der Waals surface area contributed by atoms with Crippen LogP contribution in [0.3, 0.4) is 0 Å². The van der Waals surface area contributed by atoms with Crippen LogP contribution >= 0.6 is 24.2 Å². The number of halogens is 1. The van der Waals surface area contributed by atoms with Gasteiger partial charge in [0.25, 0.3) is 0 Å². The van der Waals surface area contributed by atoms with Crippen molar-refractivity contribution in [3.63, 3.8) is 0 Å². The van der Waals surface area contributed by atoms with E-state index in [1.165, 1.54) is 16.4 Å². The van der Waals surface area contributed by atoms with Gasteiger partial charge in [-0.1, -0.05) is 36.7 Å². The minimum absolute atomic E-state index is 0.0403. The highest BCUT2D eigenvalue weighted by Gasteiger charge is 2.18. The largest absolute Gasteiger partial charge is 0.467 e. The van der Waals surface area contributed by atoms with Gasteiger partial charge in [0.2, 0.25) is 0 Å². The van der Waals surface area contributed by atoms with E-state index in [2.05, 4.69) is 22.7 Å². The molecule has 0 spiro atoms. The van der Waals surface area contributed by atoms with Crippen LogP contribution in [0.2, 0.25) is 5.02 Å². The van der Waals surface area contributed by atoms with Gasteiger partial charge in [-0.25, -0.2) is 19.0 Å². The van der Waals surface area contributed by atoms with Crippen molar-refractivity contribution in [3.05, 3.63) is 69.6 Å². The number of aryl methyl sites for hydroxylation is 1. The maximum absolute atomic E-state index is 12.5. The Morgan fingerprint density at radius 3 is 2.61 bits per heavy atom. The molecule has 2 aromatic carbocycles. The third-order valence-electron chi connectivity index (χ3n) is 4.35. The molecule has 1 aromatic heterocycles. The Labute approximate surface area is 173 Å². The zero-order valence-corrected chi connectivity index (χ0v) is 17.5. The van der Waals surface area contributed by atoms with Crippen molar-refractivity contribution in [2.45, 2.75) is 13.3 Å². The van der Waals surface area contributed by atoms with Gasteiger partial charge >= 0.3 is 11.7 Å². The third kappa shape index (κ3) is 4.31. The molecule has 1 unspecified atom stereocenters. The fourth-order valence-electron chi connectivity index (χ4n) is 2.86. The molecule has 0 saturated carbocycles. The molecular formula is C20H21ClN4O2S. The molecule has 0 aliphatic heterocycles. The minimum Gasteiger partial charge on any atom is -0.467 e. The Bertz CT molecular complexity index is 1060. The van der Waals surface area contributed by atoms with E-state index in [4.69, 9.17) is 16.3 Å². The van der Waals surface area contributed by atoms with Crippen molar-refractivity contribution >= 4 is 35.0 Å². The van der Waals surface area contributed by atoms with Crippen LogP contribution < -0.4 is 10.4 Å². The second-order valence-electron chi connectivity index (χ2n) is 6.41. The summed E-state index contributed by atoms with van der Waals surface area (Å²) in [4.78, 5) is 17.1. The van der Waals surface area contributed by atoms with Crippen molar-refractivity contribution in [1.29, 1.82) is 0 Å². The van der Waals surface area contributed by atoms with E-state index in [-0.39, 0.29) is 17.6 Å². The molecule has 0 aliphatic carbocycles. The van der Waals surface area contributed by atoms with Crippen LogP contribution in [0.1, 0.15) is 12.5 Å². The molecule has 1 heterocycles. The van der Waals surface area contributed by atoms with Crippen LogP contribution in [-0.2, 0) is 13.5 Å². The normalized spacial score (nSPS) is 12.8. The average molecular weight is 417 g/mol. The molecule has 28 heavy (non-hydrogen) atoms. The lowest BCUT2D eigenvalue weighted by Crippen LogP contribution is -2.23. The average Bonchev–Trinajstić information content (AvgIpc) is 2.98. The molecule has 0 bridgehead atoms. The summed E-state index contributed by atoms with van der Waals surface area (Å²) >= 11 is 10.5. The first-order chi connectivity index (χ1) is 13.4. The molecule has 3 rings (SSSR count). The molecule has 0 radical (unpaired) electrons. The van der Waals surface area contributed by atoms with Crippen molar-refractivity contribution in [2.75, 3.05) is 7.11 Å². The van der Waals surface area contributed by atoms with Crippen molar-refractivity contribution < 1.29 is 4.74 Å². The molecule has 8 heteroatoms. The van der Waals surface area contributed by atoms with E-state index in [0.717, 1.165) is 16.9 Å². The van der Waals surface area contributed by atoms with Crippen LogP contribution in [0.5, 0.6) is 6.01 Å². The van der Waals surface area contributed by atoms with Gasteiger partial charge in [-0.05, 0) is 42.3 Å². The number of aromatic nitrogens is 3. The number of aliphatic imine (C=N–C) groups is 1. The molecule has 0 amide bonds. The minimum atomic E-state index is -0.266. The van der Waals surface area contributed by atoms with E-state index in [9.17, 15) is 4.79 Å². The summed E-state index contributed by atoms with van der Waals surface area (Å²) in [7, 11) is 3.09. The standard InChI is InChI=1S/C20H21ClN4O2S/c1-13(18(28)22-16-10-8-15(21)9-11-16)12-14-6-4-5-7-17(14)25-19(27-3)23-24(2)20(25)26/h4-11,13H,12H2,1-3H3,(H,22,28). The Morgan fingerprint density at radius 1 is 1.25 bits per heavy atom. The van der Waals surface area contributed by atoms with Gasteiger partial charge < -0.3 is 4.74 Å². The van der Waals surface area contributed by atoms with E-state index < -0.39 is 0 Å². The monoisotopic (exact) mass is 416 g/mol. The number of benzene rings is 2. The van der Waals surface area contributed by atoms with Gasteiger partial charge in [0, 0.05) is 18.0 Å². The second kappa shape index (κ2) is 8.67. The maximum Gasteiger partial charge on any atom is 0.353 e. The van der Waals surface area contributed by atoms with E-state index in [0.29, 0.717) is 16.5 Å². The third-order valence-corrected chi connectivity index (χ3v) is 5.14. The summed E-state index contributed by atoms with van der Waals surface area (Å²) in [6.07, 6.45) is 0.649. The summed E-state index contributed by atoms with van der Waals surface area (Å²) in [5.41, 5.74) is 2.23. The summed E-state index contributed by atoms with van der Waals surface area (Å²) in [5.74, 6) is 0.0403. The van der Waals surface area contributed by atoms with Gasteiger partial charge in [0.1, 0.15) is 0 Å². The van der Waals surface area contributed by atoms with Crippen molar-refractivity contribution in [3.8, 4) is 11.7 Å². The van der Waals surface area contributed by atoms with Gasteiger partial charge in [0.05, 0.1) is 23.5 Å². The molecule has 3 aromatic rings. The lowest BCUT2D eigenvalue weighted by Gasteiger charge is -2.15. The highest BCUT2D eigenvalue weighted by Crippen LogP contribution is 2.24. The van der Waals surface area contributed by atoms with Crippen LogP contribution in [0.4, 0.5) is 5.69 Å². The molecular weight excluding hydrogens is 396 g/mol. The summed E-state index contributed by atoms with van der Waals surface area (Å²) in [6.45, 7) is 2.04. The van der Waals surface area contributed by atoms with Crippen molar-refractivity contribution in [1.82, 2.24) is 14.3 Å². The number of hydrogen-bond donors (Lipinski definition) is 1. The predicted molar refractivity (Wildman–Crippen MR) is 116 cm³/mol. The smallest absolute Gasteiger partial charge is 0.353 e. The van der Waals surface area contributed by atoms with E-state index in [1.807, 2.05) is 43.3 Å². The Balaban J connectivity index is 1.92. The van der Waals surface area contributed by atoms with Gasteiger partial charge in [-0.2, -0.15) is 0 Å². The molecule has 0 aliphatic rings. The molecule has 0 N–H and O–H groups in total. The molecule has 1 atom stereocenters. The first-order valence-corrected chi connectivity index (χ1v) is 9.54. The highest BCUT2D eigenvalue weighted by atomic mass is 35.5. The Kier molecular flexibility index (Phi) is 6.26. The molecule has 6 nitrogen and oxygen atoms in total. The zero-order valence-electron chi connectivity index (χ0n) is 15.8. The number of ether oxygens (including phenoxy) is 1. The quantitative estimate of drug-likeness (QED) is 0.374. The second-order valence-corrected chi connectivity index (χ2v) is 7.30. The number of hydrogen-bond acceptors (Lipinski definition) is 4. The molecule has 0 fully saturated rings. The zero-order chi connectivity index (χ0) is 20.3. The lowest BCUT2D eigenvalue weighted by molar-refractivity contribution is 0.368. The van der Waals surface area contributed by atoms with Crippen LogP contribution in [-0.4, -0.2) is 26.5 Å². The van der Waals surface area contributed by atoms with E-state index in [1.54, 1.807) is 19.2 Å². The fourth-order valence-corrected chi connectivity index (χ4v) is 3.19. The first-order valence-electron chi connectivity index (χ1n) is 8.72. The first kappa shape index (κ1) is 20.2. The number of para-hydroxylation sites is 1. The van der Waals surface area contributed by atoms with Gasteiger partial charge in [0.15, 0.2) is 0 Å². The highest BCUT2D eigenvalue weighted by molar-refractivity contribution is 7.97. The van der Waals surface area contributed by atoms with Crippen LogP contribution in [0, 0.1) is 5.92 Å². The number of rotatable bonds is 6. The van der Waals surface area contributed by atoms with Crippen molar-refractivity contribution in [2.24, 2.45) is 18.0 Å². The lowest BCUT2D eigenvalue weighted by atomic mass is 10.00. The summed E-state index contributed by atoms with van der Waals surface area (Å²) < 4.78 is 8.00. The molecule has 146 valence electrons. The summed E-state index contributed by atoms with van der Waals surface area (Å²) in [5, 5.41) is 5.48. The molecule has 0 saturated heterocycles. The fraction of sp³-hybridized carbons (Fsp3) is 0.250. The van der Waals surface area contributed by atoms with Gasteiger partial charge in [-0.15, -0.1) is 17.7 Å². The van der Waals surface area contributed by atoms with Crippen LogP contribution in [0.15, 0.2) is 58.3 Å². The topological polar surface area (TPSA) is 61.4 Å². The number of thiol groups is 1.